The van der Waals surface area contributed by atoms with Gasteiger partial charge in [0.2, 0.25) is 5.91 Å². The van der Waals surface area contributed by atoms with E-state index < -0.39 is 45.6 Å². The van der Waals surface area contributed by atoms with E-state index in [0.29, 0.717) is 12.0 Å². The Morgan fingerprint density at radius 2 is 1.79 bits per heavy atom. The maximum absolute atomic E-state index is 13.2. The number of nitrogens with zero attached hydrogens (tertiary/aromatic N) is 2. The molecule has 9 nitrogen and oxygen atoms in total. The fraction of sp³-hybridized carbons (Fsp3) is 0.286. The first-order valence-electron chi connectivity index (χ1n) is 12.4. The van der Waals surface area contributed by atoms with Gasteiger partial charge in [-0.15, -0.1) is 0 Å². The van der Waals surface area contributed by atoms with Gasteiger partial charge in [-0.1, -0.05) is 50.2 Å². The van der Waals surface area contributed by atoms with Gasteiger partial charge in [0.1, 0.15) is 6.04 Å². The van der Waals surface area contributed by atoms with Crippen molar-refractivity contribution in [3.05, 3.63) is 86.3 Å². The van der Waals surface area contributed by atoms with E-state index in [1.54, 1.807) is 24.3 Å². The normalized spacial score (nSPS) is 17.7. The number of carbonyl (C=O) groups is 3. The lowest BCUT2D eigenvalue weighted by Crippen LogP contribution is -2.52. The summed E-state index contributed by atoms with van der Waals surface area (Å²) >= 11 is 0. The quantitative estimate of drug-likeness (QED) is 0.458. The number of hydrogen-bond donors (Lipinski definition) is 2. The summed E-state index contributed by atoms with van der Waals surface area (Å²) in [7, 11) is -3.95. The van der Waals surface area contributed by atoms with Crippen molar-refractivity contribution < 1.29 is 22.8 Å². The van der Waals surface area contributed by atoms with E-state index in [1.807, 2.05) is 30.3 Å². The second-order valence-corrected chi connectivity index (χ2v) is 11.3. The zero-order valence-corrected chi connectivity index (χ0v) is 21.7. The van der Waals surface area contributed by atoms with Crippen molar-refractivity contribution in [3.8, 4) is 0 Å². The van der Waals surface area contributed by atoms with Gasteiger partial charge in [-0.05, 0) is 60.2 Å². The summed E-state index contributed by atoms with van der Waals surface area (Å²) in [5, 5.41) is 7.21. The standard InChI is InChI=1S/C28H30N4O5S/c1-19(2)16-24(31-27(34)22-13-12-20-8-3-4-9-21(20)17-22)28(35)30-23-10-7-15-32(18-25(23)33)38(36,37)26-11-5-6-14-29-26/h3-6,8-9,11-14,17,19,23-24H,1-2,7,10,15-16,18H2,(H,30,35)(H,31,34)/t23-,24?/m0/s1. The predicted octanol–water partition coefficient (Wildman–Crippen LogP) is 2.55. The molecular formula is C28H30N4O5S. The van der Waals surface area contributed by atoms with Gasteiger partial charge in [0.05, 0.1) is 12.6 Å². The van der Waals surface area contributed by atoms with Gasteiger partial charge >= 0.3 is 0 Å². The molecule has 198 valence electrons. The van der Waals surface area contributed by atoms with Crippen molar-refractivity contribution in [2.45, 2.75) is 36.4 Å². The van der Waals surface area contributed by atoms with E-state index in [-0.39, 0.29) is 31.0 Å². The molecule has 2 aromatic carbocycles. The third kappa shape index (κ3) is 6.43. The number of nitrogens with one attached hydrogen (secondary N) is 2. The maximum atomic E-state index is 13.2. The number of sulfonamides is 1. The molecule has 1 aromatic heterocycles. The number of aromatic nitrogens is 1. The molecule has 1 saturated heterocycles. The van der Waals surface area contributed by atoms with Crippen molar-refractivity contribution in [3.63, 3.8) is 0 Å². The number of benzene rings is 2. The average molecular weight is 535 g/mol. The van der Waals surface area contributed by atoms with Crippen LogP contribution in [0.3, 0.4) is 0 Å². The topological polar surface area (TPSA) is 126 Å². The highest BCUT2D eigenvalue weighted by molar-refractivity contribution is 7.89. The zero-order valence-electron chi connectivity index (χ0n) is 20.9. The summed E-state index contributed by atoms with van der Waals surface area (Å²) in [5.41, 5.74) is 0.395. The molecule has 0 saturated carbocycles. The Hall–Kier alpha value is -3.63. The van der Waals surface area contributed by atoms with Crippen LogP contribution in [-0.4, -0.2) is 60.5 Å². The molecule has 2 N–H and O–H groups in total. The number of pyridine rings is 1. The van der Waals surface area contributed by atoms with Crippen LogP contribution >= 0.6 is 0 Å². The molecule has 1 fully saturated rings. The highest BCUT2D eigenvalue weighted by atomic mass is 32.2. The van der Waals surface area contributed by atoms with E-state index in [1.165, 1.54) is 12.3 Å². The first kappa shape index (κ1) is 27.4. The summed E-state index contributed by atoms with van der Waals surface area (Å²) in [4.78, 5) is 43.1. The zero-order chi connectivity index (χ0) is 27.3. The number of rotatable bonds is 8. The molecule has 3 aromatic rings. The highest BCUT2D eigenvalue weighted by Gasteiger charge is 2.34. The molecule has 0 aliphatic carbocycles. The summed E-state index contributed by atoms with van der Waals surface area (Å²) in [6.07, 6.45) is 2.17. The molecule has 38 heavy (non-hydrogen) atoms. The smallest absolute Gasteiger partial charge is 0.260 e. The molecule has 2 amide bonds. The van der Waals surface area contributed by atoms with Gasteiger partial charge in [0, 0.05) is 18.3 Å². The molecular weight excluding hydrogens is 504 g/mol. The van der Waals surface area contributed by atoms with E-state index in [0.717, 1.165) is 15.1 Å². The van der Waals surface area contributed by atoms with Crippen LogP contribution in [0.1, 0.15) is 29.6 Å². The monoisotopic (exact) mass is 534 g/mol. The molecule has 2 atom stereocenters. The van der Waals surface area contributed by atoms with Gasteiger partial charge in [0.25, 0.3) is 15.9 Å². The molecule has 0 spiro atoms. The van der Waals surface area contributed by atoms with Crippen LogP contribution in [0.25, 0.3) is 10.8 Å². The first-order chi connectivity index (χ1) is 18.1. The van der Waals surface area contributed by atoms with Crippen molar-refractivity contribution in [2.24, 2.45) is 5.92 Å². The van der Waals surface area contributed by atoms with Crippen LogP contribution in [-0.2, 0) is 19.6 Å². The van der Waals surface area contributed by atoms with Crippen molar-refractivity contribution in [1.29, 1.82) is 0 Å². The molecule has 2 heterocycles. The Labute approximate surface area is 222 Å². The molecule has 1 aliphatic heterocycles. The maximum Gasteiger partial charge on any atom is 0.260 e. The first-order valence-corrected chi connectivity index (χ1v) is 13.8. The van der Waals surface area contributed by atoms with E-state index in [4.69, 9.17) is 0 Å². The summed E-state index contributed by atoms with van der Waals surface area (Å²) in [5.74, 6) is -1.81. The Balaban J connectivity index is 1.44. The van der Waals surface area contributed by atoms with Crippen molar-refractivity contribution >= 4 is 38.4 Å². The SMILES string of the molecule is [CH2]C([CH2])CC(NC(=O)c1ccc2ccccc2c1)C(=O)N[C@H]1CCCN(S(=O)(=O)c2ccccn2)CC1=O. The molecule has 2 radical (unpaired) electrons. The molecule has 10 heteroatoms. The van der Waals surface area contributed by atoms with Crippen LogP contribution < -0.4 is 10.6 Å². The summed E-state index contributed by atoms with van der Waals surface area (Å²) in [6.45, 7) is 7.41. The molecule has 1 aliphatic rings. The van der Waals surface area contributed by atoms with E-state index >= 15 is 0 Å². The second kappa shape index (κ2) is 11.8. The van der Waals surface area contributed by atoms with Crippen molar-refractivity contribution in [2.75, 3.05) is 13.1 Å². The summed E-state index contributed by atoms with van der Waals surface area (Å²) < 4.78 is 27.0. The lowest BCUT2D eigenvalue weighted by molar-refractivity contribution is -0.128. The number of ketones is 1. The van der Waals surface area contributed by atoms with Gasteiger partial charge in [-0.2, -0.15) is 4.31 Å². The Morgan fingerprint density at radius 3 is 2.50 bits per heavy atom. The number of carbonyl (C=O) groups excluding carboxylic acids is 3. The largest absolute Gasteiger partial charge is 0.344 e. The van der Waals surface area contributed by atoms with Crippen LogP contribution in [0.5, 0.6) is 0 Å². The fourth-order valence-electron chi connectivity index (χ4n) is 4.39. The van der Waals surface area contributed by atoms with Crippen LogP contribution in [0, 0.1) is 19.8 Å². The molecule has 1 unspecified atom stereocenters. The van der Waals surface area contributed by atoms with Crippen LogP contribution in [0.2, 0.25) is 0 Å². The van der Waals surface area contributed by atoms with Gasteiger partial charge < -0.3 is 10.6 Å². The Kier molecular flexibility index (Phi) is 8.53. The number of fused-ring (bicyclic) bond motifs is 1. The number of hydrogen-bond acceptors (Lipinski definition) is 6. The van der Waals surface area contributed by atoms with Crippen LogP contribution in [0.4, 0.5) is 0 Å². The minimum Gasteiger partial charge on any atom is -0.344 e. The minimum atomic E-state index is -3.95. The van der Waals surface area contributed by atoms with E-state index in [9.17, 15) is 22.8 Å². The number of amides is 2. The Morgan fingerprint density at radius 1 is 1.05 bits per heavy atom. The van der Waals surface area contributed by atoms with Gasteiger partial charge in [-0.3, -0.25) is 14.4 Å². The average Bonchev–Trinajstić information content (AvgIpc) is 3.09. The summed E-state index contributed by atoms with van der Waals surface area (Å²) in [6, 6.07) is 15.6. The third-order valence-electron chi connectivity index (χ3n) is 6.38. The van der Waals surface area contributed by atoms with Crippen molar-refractivity contribution in [1.82, 2.24) is 19.9 Å². The van der Waals surface area contributed by atoms with E-state index in [2.05, 4.69) is 29.5 Å². The lowest BCUT2D eigenvalue weighted by atomic mass is 10.0. The van der Waals surface area contributed by atoms with Crippen LogP contribution in [0.15, 0.2) is 71.9 Å². The minimum absolute atomic E-state index is 0.124. The van der Waals surface area contributed by atoms with Gasteiger partial charge in [-0.25, -0.2) is 13.4 Å². The molecule has 0 bridgehead atoms. The van der Waals surface area contributed by atoms with Gasteiger partial charge in [0.15, 0.2) is 10.8 Å². The Bertz CT molecular complexity index is 1430. The predicted molar refractivity (Wildman–Crippen MR) is 143 cm³/mol. The third-order valence-corrected chi connectivity index (χ3v) is 8.14. The molecule has 4 rings (SSSR count). The highest BCUT2D eigenvalue weighted by Crippen LogP contribution is 2.19. The second-order valence-electron chi connectivity index (χ2n) is 9.37. The lowest BCUT2D eigenvalue weighted by Gasteiger charge is -2.23. The number of Topliss-reactive ketones (excluding diaryl/α,β-unsaturated/α-hetero) is 1. The fourth-order valence-corrected chi connectivity index (χ4v) is 5.77.